The van der Waals surface area contributed by atoms with Crippen LogP contribution in [0.4, 0.5) is 4.39 Å². The second-order valence-corrected chi connectivity index (χ2v) is 6.75. The molecular formula is C24H41FO9. The fraction of sp³-hybridized carbons (Fsp3) is 0.750. The van der Waals surface area contributed by atoms with E-state index < -0.39 is 6.67 Å². The summed E-state index contributed by atoms with van der Waals surface area (Å²) in [6, 6.07) is 9.65. The Bertz CT molecular complexity index is 510. The molecule has 0 heterocycles. The molecule has 0 unspecified atom stereocenters. The molecule has 0 spiro atoms. The lowest BCUT2D eigenvalue weighted by Crippen LogP contribution is -2.15. The van der Waals surface area contributed by atoms with Gasteiger partial charge in [-0.05, 0) is 12.1 Å². The molecule has 0 aromatic heterocycles. The van der Waals surface area contributed by atoms with Gasteiger partial charge in [-0.1, -0.05) is 18.2 Å². The molecule has 1 aromatic rings. The Hall–Kier alpha value is -1.37. The number of hydrogen-bond acceptors (Lipinski definition) is 9. The number of para-hydroxylation sites is 1. The number of halogens is 1. The third-order valence-electron chi connectivity index (χ3n) is 4.07. The minimum absolute atomic E-state index is 0.118. The van der Waals surface area contributed by atoms with E-state index in [0.29, 0.717) is 106 Å². The molecule has 0 N–H and O–H groups in total. The SMILES string of the molecule is FCCOCCOCCOCCOCCOCCOCCOCCOCCOc1ccccc1. The van der Waals surface area contributed by atoms with Crippen LogP contribution in [-0.2, 0) is 37.9 Å². The van der Waals surface area contributed by atoms with Crippen LogP contribution in [0.2, 0.25) is 0 Å². The maximum absolute atomic E-state index is 11.8. The summed E-state index contributed by atoms with van der Waals surface area (Å²) in [6.07, 6.45) is 0. The molecule has 0 fully saturated rings. The number of rotatable bonds is 27. The maximum atomic E-state index is 11.8. The Labute approximate surface area is 202 Å². The second kappa shape index (κ2) is 26.2. The average molecular weight is 493 g/mol. The van der Waals surface area contributed by atoms with Gasteiger partial charge in [0.05, 0.1) is 106 Å². The van der Waals surface area contributed by atoms with Crippen LogP contribution in [0.15, 0.2) is 30.3 Å². The Balaban J connectivity index is 1.64. The van der Waals surface area contributed by atoms with Gasteiger partial charge in [-0.25, -0.2) is 4.39 Å². The van der Waals surface area contributed by atoms with Gasteiger partial charge in [-0.2, -0.15) is 0 Å². The van der Waals surface area contributed by atoms with Crippen molar-refractivity contribution in [1.29, 1.82) is 0 Å². The van der Waals surface area contributed by atoms with Gasteiger partial charge in [0.2, 0.25) is 0 Å². The summed E-state index contributed by atoms with van der Waals surface area (Å²) >= 11 is 0. The summed E-state index contributed by atoms with van der Waals surface area (Å²) in [5.41, 5.74) is 0. The Morgan fingerprint density at radius 2 is 0.676 bits per heavy atom. The number of ether oxygens (including phenoxy) is 9. The molecule has 198 valence electrons. The van der Waals surface area contributed by atoms with Crippen molar-refractivity contribution in [3.8, 4) is 5.75 Å². The predicted molar refractivity (Wildman–Crippen MR) is 124 cm³/mol. The molecule has 0 radical (unpaired) electrons. The van der Waals surface area contributed by atoms with Crippen LogP contribution >= 0.6 is 0 Å². The van der Waals surface area contributed by atoms with Gasteiger partial charge in [-0.3, -0.25) is 0 Å². The quantitative estimate of drug-likeness (QED) is 0.172. The molecule has 10 heteroatoms. The fourth-order valence-corrected chi connectivity index (χ4v) is 2.43. The number of benzene rings is 1. The van der Waals surface area contributed by atoms with Gasteiger partial charge in [0, 0.05) is 0 Å². The number of alkyl halides is 1. The van der Waals surface area contributed by atoms with Crippen LogP contribution in [0.1, 0.15) is 0 Å². The lowest BCUT2D eigenvalue weighted by molar-refractivity contribution is -0.0238. The highest BCUT2D eigenvalue weighted by atomic mass is 19.1. The largest absolute Gasteiger partial charge is 0.491 e. The van der Waals surface area contributed by atoms with E-state index in [-0.39, 0.29) is 6.61 Å². The van der Waals surface area contributed by atoms with Gasteiger partial charge in [-0.15, -0.1) is 0 Å². The third-order valence-corrected chi connectivity index (χ3v) is 4.07. The van der Waals surface area contributed by atoms with Crippen molar-refractivity contribution in [2.45, 2.75) is 0 Å². The van der Waals surface area contributed by atoms with Gasteiger partial charge in [0.25, 0.3) is 0 Å². The minimum Gasteiger partial charge on any atom is -0.491 e. The molecule has 0 saturated heterocycles. The standard InChI is InChI=1S/C24H41FO9/c25-6-7-26-8-9-27-10-11-28-12-13-29-14-15-30-16-17-31-18-19-32-20-21-33-22-23-34-24-4-2-1-3-5-24/h1-5H,6-23H2. The van der Waals surface area contributed by atoms with E-state index >= 15 is 0 Å². The monoisotopic (exact) mass is 492 g/mol. The summed E-state index contributed by atoms with van der Waals surface area (Å²) < 4.78 is 60.1. The van der Waals surface area contributed by atoms with E-state index in [9.17, 15) is 4.39 Å². The molecule has 0 atom stereocenters. The van der Waals surface area contributed by atoms with Crippen LogP contribution < -0.4 is 4.74 Å². The summed E-state index contributed by atoms with van der Waals surface area (Å²) in [4.78, 5) is 0. The van der Waals surface area contributed by atoms with Gasteiger partial charge in [0.1, 0.15) is 19.0 Å². The van der Waals surface area contributed by atoms with Crippen molar-refractivity contribution in [1.82, 2.24) is 0 Å². The molecule has 9 nitrogen and oxygen atoms in total. The minimum atomic E-state index is -0.470. The van der Waals surface area contributed by atoms with Crippen molar-refractivity contribution in [2.75, 3.05) is 119 Å². The zero-order valence-electron chi connectivity index (χ0n) is 20.2. The Morgan fingerprint density at radius 1 is 0.382 bits per heavy atom. The van der Waals surface area contributed by atoms with E-state index in [1.54, 1.807) is 0 Å². The van der Waals surface area contributed by atoms with Crippen LogP contribution in [-0.4, -0.2) is 119 Å². The summed E-state index contributed by atoms with van der Waals surface area (Å²) in [6.45, 7) is 7.61. The molecule has 0 bridgehead atoms. The normalized spacial score (nSPS) is 11.2. The van der Waals surface area contributed by atoms with E-state index in [0.717, 1.165) is 5.75 Å². The number of hydrogen-bond donors (Lipinski definition) is 0. The molecule has 0 saturated carbocycles. The highest BCUT2D eigenvalue weighted by molar-refractivity contribution is 5.20. The highest BCUT2D eigenvalue weighted by Gasteiger charge is 1.96. The predicted octanol–water partition coefficient (Wildman–Crippen LogP) is 2.17. The smallest absolute Gasteiger partial charge is 0.119 e. The second-order valence-electron chi connectivity index (χ2n) is 6.75. The first kappa shape index (κ1) is 30.7. The summed E-state index contributed by atoms with van der Waals surface area (Å²) in [5, 5.41) is 0. The maximum Gasteiger partial charge on any atom is 0.119 e. The van der Waals surface area contributed by atoms with Crippen molar-refractivity contribution in [2.24, 2.45) is 0 Å². The third kappa shape index (κ3) is 22.4. The fourth-order valence-electron chi connectivity index (χ4n) is 2.43. The molecule has 34 heavy (non-hydrogen) atoms. The first-order chi connectivity index (χ1) is 16.9. The van der Waals surface area contributed by atoms with E-state index in [2.05, 4.69) is 0 Å². The molecule has 1 aromatic carbocycles. The van der Waals surface area contributed by atoms with E-state index in [1.807, 2.05) is 30.3 Å². The molecular weight excluding hydrogens is 451 g/mol. The van der Waals surface area contributed by atoms with Crippen LogP contribution in [0.3, 0.4) is 0 Å². The van der Waals surface area contributed by atoms with Gasteiger partial charge < -0.3 is 42.6 Å². The van der Waals surface area contributed by atoms with Crippen LogP contribution in [0, 0.1) is 0 Å². The zero-order chi connectivity index (χ0) is 24.2. The first-order valence-corrected chi connectivity index (χ1v) is 11.8. The van der Waals surface area contributed by atoms with Crippen molar-refractivity contribution >= 4 is 0 Å². The molecule has 0 aliphatic rings. The van der Waals surface area contributed by atoms with Gasteiger partial charge >= 0.3 is 0 Å². The highest BCUT2D eigenvalue weighted by Crippen LogP contribution is 2.07. The van der Waals surface area contributed by atoms with E-state index in [4.69, 9.17) is 42.6 Å². The van der Waals surface area contributed by atoms with Crippen molar-refractivity contribution < 1.29 is 47.0 Å². The molecule has 0 amide bonds. The van der Waals surface area contributed by atoms with Crippen molar-refractivity contribution in [3.63, 3.8) is 0 Å². The Morgan fingerprint density at radius 3 is 1.00 bits per heavy atom. The summed E-state index contributed by atoms with van der Waals surface area (Å²) in [7, 11) is 0. The van der Waals surface area contributed by atoms with Crippen LogP contribution in [0.5, 0.6) is 5.75 Å². The summed E-state index contributed by atoms with van der Waals surface area (Å²) in [5.74, 6) is 0.843. The average Bonchev–Trinajstić information content (AvgIpc) is 2.87. The molecule has 0 aliphatic carbocycles. The lowest BCUT2D eigenvalue weighted by Gasteiger charge is -2.09. The van der Waals surface area contributed by atoms with Crippen molar-refractivity contribution in [3.05, 3.63) is 30.3 Å². The zero-order valence-corrected chi connectivity index (χ0v) is 20.2. The molecule has 1 rings (SSSR count). The van der Waals surface area contributed by atoms with Gasteiger partial charge in [0.15, 0.2) is 0 Å². The lowest BCUT2D eigenvalue weighted by atomic mass is 10.3. The molecule has 0 aliphatic heterocycles. The topological polar surface area (TPSA) is 83.1 Å². The van der Waals surface area contributed by atoms with E-state index in [1.165, 1.54) is 0 Å². The first-order valence-electron chi connectivity index (χ1n) is 11.8. The van der Waals surface area contributed by atoms with Crippen LogP contribution in [0.25, 0.3) is 0 Å². The Kier molecular flexibility index (Phi) is 23.7.